The normalized spacial score (nSPS) is 13.1. The summed E-state index contributed by atoms with van der Waals surface area (Å²) in [5.74, 6) is 1.72. The van der Waals surface area contributed by atoms with Crippen LogP contribution in [0.3, 0.4) is 0 Å². The van der Waals surface area contributed by atoms with Gasteiger partial charge in [-0.3, -0.25) is 4.98 Å². The maximum Gasteiger partial charge on any atom is 0.178 e. The molecule has 0 spiro atoms. The molecule has 2 aromatic heterocycles. The number of imidazole rings is 1. The van der Waals surface area contributed by atoms with Crippen molar-refractivity contribution < 1.29 is 0 Å². The maximum atomic E-state index is 5.49. The average molecular weight is 303 g/mol. The zero-order valence-corrected chi connectivity index (χ0v) is 13.2. The predicted octanol–water partition coefficient (Wildman–Crippen LogP) is 4.25. The van der Waals surface area contributed by atoms with Gasteiger partial charge in [0.2, 0.25) is 0 Å². The molecule has 1 atom stereocenters. The first-order valence-corrected chi connectivity index (χ1v) is 8.46. The highest BCUT2D eigenvalue weighted by Crippen LogP contribution is 2.24. The van der Waals surface area contributed by atoms with Crippen LogP contribution in [-0.2, 0) is 6.54 Å². The molecule has 5 heteroatoms. The van der Waals surface area contributed by atoms with Crippen molar-refractivity contribution in [3.05, 3.63) is 35.2 Å². The number of H-pyrrole nitrogens is 1. The van der Waals surface area contributed by atoms with E-state index in [1.54, 1.807) is 0 Å². The zero-order valence-electron chi connectivity index (χ0n) is 11.6. The summed E-state index contributed by atoms with van der Waals surface area (Å²) < 4.78 is 3.00. The summed E-state index contributed by atoms with van der Waals surface area (Å²) in [7, 11) is 0. The van der Waals surface area contributed by atoms with Crippen LogP contribution < -0.4 is 0 Å². The zero-order chi connectivity index (χ0) is 14.1. The molecule has 0 saturated carbocycles. The van der Waals surface area contributed by atoms with Crippen LogP contribution in [0.1, 0.15) is 6.92 Å². The summed E-state index contributed by atoms with van der Waals surface area (Å²) >= 11 is 7.37. The number of nitrogens with zero attached hydrogens (tertiary/aromatic N) is 2. The van der Waals surface area contributed by atoms with Crippen molar-refractivity contribution in [2.45, 2.75) is 13.5 Å². The van der Waals surface area contributed by atoms with E-state index in [-0.39, 0.29) is 0 Å². The van der Waals surface area contributed by atoms with E-state index in [4.69, 9.17) is 12.2 Å². The van der Waals surface area contributed by atoms with Gasteiger partial charge in [-0.15, -0.1) is 0 Å². The monoisotopic (exact) mass is 303 g/mol. The summed E-state index contributed by atoms with van der Waals surface area (Å²) in [6, 6.07) is 8.22. The number of hydrogen-bond donors (Lipinski definition) is 1. The predicted molar refractivity (Wildman–Crippen MR) is 90.0 cm³/mol. The lowest BCUT2D eigenvalue weighted by atomic mass is 10.1. The van der Waals surface area contributed by atoms with Crippen LogP contribution in [0.5, 0.6) is 0 Å². The molecule has 2 heterocycles. The second-order valence-corrected chi connectivity index (χ2v) is 6.44. The SMILES string of the molecule is CSCC(C)Cn1c(=S)[nH]c2cnc3ccccc3c21. The molecule has 0 bridgehead atoms. The molecule has 0 amide bonds. The van der Waals surface area contributed by atoms with Crippen LogP contribution in [0.2, 0.25) is 0 Å². The standard InChI is InChI=1S/C15H17N3S2/c1-10(9-20-2)8-18-14-11-5-3-4-6-12(11)16-7-13(14)17-15(18)19/h3-7,10H,8-9H2,1-2H3,(H,17,19). The molecule has 0 saturated heterocycles. The number of pyridine rings is 1. The average Bonchev–Trinajstić information content (AvgIpc) is 2.76. The highest BCUT2D eigenvalue weighted by molar-refractivity contribution is 7.98. The molecular weight excluding hydrogens is 286 g/mol. The molecule has 3 nitrogen and oxygen atoms in total. The molecule has 1 N–H and O–H groups in total. The summed E-state index contributed by atoms with van der Waals surface area (Å²) in [5, 5.41) is 1.16. The first kappa shape index (κ1) is 13.6. The molecule has 104 valence electrons. The summed E-state index contributed by atoms with van der Waals surface area (Å²) in [6.45, 7) is 3.20. The Balaban J connectivity index is 2.22. The molecule has 0 fully saturated rings. The molecule has 3 aromatic rings. The number of aromatic nitrogens is 3. The number of aromatic amines is 1. The van der Waals surface area contributed by atoms with Crippen LogP contribution in [0.25, 0.3) is 21.9 Å². The number of thioether (sulfide) groups is 1. The van der Waals surface area contributed by atoms with Gasteiger partial charge in [-0.1, -0.05) is 25.1 Å². The fourth-order valence-electron chi connectivity index (χ4n) is 2.62. The minimum absolute atomic E-state index is 0.586. The Morgan fingerprint density at radius 2 is 2.20 bits per heavy atom. The Bertz CT molecular complexity index is 804. The highest BCUT2D eigenvalue weighted by Gasteiger charge is 2.11. The minimum atomic E-state index is 0.586. The minimum Gasteiger partial charge on any atom is -0.329 e. The smallest absolute Gasteiger partial charge is 0.178 e. The van der Waals surface area contributed by atoms with E-state index in [0.29, 0.717) is 5.92 Å². The summed E-state index contributed by atoms with van der Waals surface area (Å²) in [4.78, 5) is 7.76. The lowest BCUT2D eigenvalue weighted by Crippen LogP contribution is -2.10. The van der Waals surface area contributed by atoms with Gasteiger partial charge in [0.25, 0.3) is 0 Å². The molecule has 0 aliphatic carbocycles. The van der Waals surface area contributed by atoms with Gasteiger partial charge < -0.3 is 9.55 Å². The highest BCUT2D eigenvalue weighted by atomic mass is 32.2. The fraction of sp³-hybridized carbons (Fsp3) is 0.333. The van der Waals surface area contributed by atoms with E-state index in [2.05, 4.69) is 39.8 Å². The van der Waals surface area contributed by atoms with Gasteiger partial charge in [0.1, 0.15) is 0 Å². The Kier molecular flexibility index (Phi) is 3.81. The molecule has 1 unspecified atom stereocenters. The van der Waals surface area contributed by atoms with E-state index in [1.807, 2.05) is 30.1 Å². The number of nitrogens with one attached hydrogen (secondary N) is 1. The molecule has 20 heavy (non-hydrogen) atoms. The topological polar surface area (TPSA) is 33.6 Å². The van der Waals surface area contributed by atoms with Crippen LogP contribution in [0, 0.1) is 10.7 Å². The Morgan fingerprint density at radius 1 is 1.40 bits per heavy atom. The van der Waals surface area contributed by atoms with Crippen molar-refractivity contribution in [2.75, 3.05) is 12.0 Å². The van der Waals surface area contributed by atoms with Crippen LogP contribution >= 0.6 is 24.0 Å². The van der Waals surface area contributed by atoms with Gasteiger partial charge in [0.15, 0.2) is 4.77 Å². The third-order valence-electron chi connectivity index (χ3n) is 3.45. The van der Waals surface area contributed by atoms with Gasteiger partial charge in [-0.2, -0.15) is 11.8 Å². The fourth-order valence-corrected chi connectivity index (χ4v) is 3.57. The molecule has 0 radical (unpaired) electrons. The lowest BCUT2D eigenvalue weighted by molar-refractivity contribution is 0.537. The number of hydrogen-bond acceptors (Lipinski definition) is 3. The van der Waals surface area contributed by atoms with Crippen molar-refractivity contribution in [2.24, 2.45) is 5.92 Å². The van der Waals surface area contributed by atoms with Crippen molar-refractivity contribution >= 4 is 45.9 Å². The quantitative estimate of drug-likeness (QED) is 0.732. The van der Waals surface area contributed by atoms with Gasteiger partial charge in [-0.25, -0.2) is 0 Å². The molecule has 3 rings (SSSR count). The Hall–Kier alpha value is -1.33. The van der Waals surface area contributed by atoms with Gasteiger partial charge >= 0.3 is 0 Å². The third kappa shape index (κ3) is 2.36. The van der Waals surface area contributed by atoms with E-state index in [9.17, 15) is 0 Å². The second-order valence-electron chi connectivity index (χ2n) is 5.14. The molecular formula is C15H17N3S2. The maximum absolute atomic E-state index is 5.49. The van der Waals surface area contributed by atoms with Crippen molar-refractivity contribution in [1.82, 2.24) is 14.5 Å². The Labute approximate surface area is 127 Å². The van der Waals surface area contributed by atoms with Crippen LogP contribution in [0.15, 0.2) is 30.5 Å². The number of benzene rings is 1. The van der Waals surface area contributed by atoms with Crippen LogP contribution in [0.4, 0.5) is 0 Å². The molecule has 0 aliphatic rings. The molecule has 1 aromatic carbocycles. The first-order chi connectivity index (χ1) is 9.70. The van der Waals surface area contributed by atoms with E-state index >= 15 is 0 Å². The summed E-state index contributed by atoms with van der Waals surface area (Å²) in [5.41, 5.74) is 3.21. The van der Waals surface area contributed by atoms with Crippen molar-refractivity contribution in [3.8, 4) is 0 Å². The first-order valence-electron chi connectivity index (χ1n) is 6.66. The van der Waals surface area contributed by atoms with Gasteiger partial charge in [0, 0.05) is 11.9 Å². The third-order valence-corrected chi connectivity index (χ3v) is 4.67. The number of para-hydroxylation sites is 1. The number of rotatable bonds is 4. The van der Waals surface area contributed by atoms with Gasteiger partial charge in [-0.05, 0) is 36.2 Å². The molecule has 0 aliphatic heterocycles. The van der Waals surface area contributed by atoms with Gasteiger partial charge in [0.05, 0.1) is 22.7 Å². The van der Waals surface area contributed by atoms with Crippen LogP contribution in [-0.4, -0.2) is 26.5 Å². The van der Waals surface area contributed by atoms with E-state index < -0.39 is 0 Å². The van der Waals surface area contributed by atoms with Crippen molar-refractivity contribution in [1.29, 1.82) is 0 Å². The lowest BCUT2D eigenvalue weighted by Gasteiger charge is -2.12. The number of fused-ring (bicyclic) bond motifs is 3. The summed E-state index contributed by atoms with van der Waals surface area (Å²) in [6.07, 6.45) is 4.02. The van der Waals surface area contributed by atoms with E-state index in [1.165, 1.54) is 5.52 Å². The Morgan fingerprint density at radius 3 is 3.00 bits per heavy atom. The second kappa shape index (κ2) is 5.58. The largest absolute Gasteiger partial charge is 0.329 e. The van der Waals surface area contributed by atoms with E-state index in [0.717, 1.165) is 33.5 Å². The van der Waals surface area contributed by atoms with Crippen molar-refractivity contribution in [3.63, 3.8) is 0 Å².